The molecule has 2 N–H and O–H groups in total. The summed E-state index contributed by atoms with van der Waals surface area (Å²) in [5.74, 6) is 0. The minimum Gasteiger partial charge on any atom is -0.281 e. The SMILES string of the molecule is CC(C)NC(NC(C)C)n1cncn1. The van der Waals surface area contributed by atoms with E-state index in [1.165, 1.54) is 6.33 Å². The van der Waals surface area contributed by atoms with E-state index in [2.05, 4.69) is 48.4 Å². The Bertz CT molecular complexity index is 232. The van der Waals surface area contributed by atoms with E-state index in [1.807, 2.05) is 0 Å². The van der Waals surface area contributed by atoms with Crippen molar-refractivity contribution in [1.82, 2.24) is 25.4 Å². The second kappa shape index (κ2) is 5.07. The second-order valence-electron chi connectivity index (χ2n) is 3.92. The van der Waals surface area contributed by atoms with Crippen molar-refractivity contribution in [3.63, 3.8) is 0 Å². The van der Waals surface area contributed by atoms with Gasteiger partial charge in [0, 0.05) is 12.1 Å². The number of nitrogens with one attached hydrogen (secondary N) is 2. The third kappa shape index (κ3) is 3.43. The van der Waals surface area contributed by atoms with Crippen molar-refractivity contribution >= 4 is 0 Å². The predicted molar refractivity (Wildman–Crippen MR) is 55.6 cm³/mol. The molecule has 0 saturated carbocycles. The van der Waals surface area contributed by atoms with E-state index in [0.717, 1.165) is 0 Å². The van der Waals surface area contributed by atoms with Crippen LogP contribution in [0.1, 0.15) is 34.0 Å². The Morgan fingerprint density at radius 3 is 2.00 bits per heavy atom. The number of hydrogen-bond donors (Lipinski definition) is 2. The maximum atomic E-state index is 4.10. The van der Waals surface area contributed by atoms with Crippen molar-refractivity contribution in [1.29, 1.82) is 0 Å². The van der Waals surface area contributed by atoms with Crippen molar-refractivity contribution in [3.8, 4) is 0 Å². The van der Waals surface area contributed by atoms with Gasteiger partial charge < -0.3 is 0 Å². The van der Waals surface area contributed by atoms with Crippen LogP contribution in [0.5, 0.6) is 0 Å². The van der Waals surface area contributed by atoms with Crippen LogP contribution in [-0.2, 0) is 0 Å². The van der Waals surface area contributed by atoms with Crippen LogP contribution in [0, 0.1) is 0 Å². The molecule has 0 aliphatic rings. The quantitative estimate of drug-likeness (QED) is 0.683. The summed E-state index contributed by atoms with van der Waals surface area (Å²) in [6.45, 7) is 8.41. The van der Waals surface area contributed by atoms with Crippen LogP contribution in [0.25, 0.3) is 0 Å². The minimum absolute atomic E-state index is 0.0116. The van der Waals surface area contributed by atoms with Crippen LogP contribution in [0.4, 0.5) is 0 Å². The Hall–Kier alpha value is -0.940. The Morgan fingerprint density at radius 1 is 1.07 bits per heavy atom. The highest BCUT2D eigenvalue weighted by atomic mass is 15.5. The molecule has 1 aromatic heterocycles. The molecule has 1 rings (SSSR count). The first-order valence-electron chi connectivity index (χ1n) is 4.96. The Morgan fingerprint density at radius 2 is 1.64 bits per heavy atom. The molecule has 0 bridgehead atoms. The monoisotopic (exact) mass is 197 g/mol. The summed E-state index contributed by atoms with van der Waals surface area (Å²) in [7, 11) is 0. The lowest BCUT2D eigenvalue weighted by atomic mass is 10.3. The molecule has 0 aromatic carbocycles. The molecule has 0 spiro atoms. The fourth-order valence-electron chi connectivity index (χ4n) is 1.18. The largest absolute Gasteiger partial charge is 0.281 e. The summed E-state index contributed by atoms with van der Waals surface area (Å²) in [6, 6.07) is 0.797. The van der Waals surface area contributed by atoms with Gasteiger partial charge in [-0.1, -0.05) is 0 Å². The number of aromatic nitrogens is 3. The first kappa shape index (κ1) is 11.1. The molecular weight excluding hydrogens is 178 g/mol. The Kier molecular flexibility index (Phi) is 4.03. The van der Waals surface area contributed by atoms with Gasteiger partial charge in [0.15, 0.2) is 6.29 Å². The lowest BCUT2D eigenvalue weighted by molar-refractivity contribution is 0.264. The van der Waals surface area contributed by atoms with Crippen molar-refractivity contribution in [2.75, 3.05) is 0 Å². The first-order valence-corrected chi connectivity index (χ1v) is 4.96. The maximum absolute atomic E-state index is 4.10. The third-order valence-electron chi connectivity index (χ3n) is 1.68. The van der Waals surface area contributed by atoms with E-state index < -0.39 is 0 Å². The lowest BCUT2D eigenvalue weighted by Crippen LogP contribution is -2.44. The van der Waals surface area contributed by atoms with Gasteiger partial charge in [-0.05, 0) is 27.7 Å². The van der Waals surface area contributed by atoms with Crippen LogP contribution in [0.15, 0.2) is 12.7 Å². The molecule has 0 radical (unpaired) electrons. The standard InChI is InChI=1S/C9H19N5/c1-7(2)12-9(13-8(3)4)14-6-10-5-11-14/h5-9,12-13H,1-4H3. The van der Waals surface area contributed by atoms with Crippen molar-refractivity contribution in [2.24, 2.45) is 0 Å². The van der Waals surface area contributed by atoms with Gasteiger partial charge in [-0.25, -0.2) is 9.67 Å². The van der Waals surface area contributed by atoms with Crippen LogP contribution in [-0.4, -0.2) is 26.8 Å². The van der Waals surface area contributed by atoms with E-state index >= 15 is 0 Å². The average molecular weight is 197 g/mol. The van der Waals surface area contributed by atoms with Crippen LogP contribution in [0.2, 0.25) is 0 Å². The van der Waals surface area contributed by atoms with E-state index in [-0.39, 0.29) is 6.29 Å². The topological polar surface area (TPSA) is 54.8 Å². The van der Waals surface area contributed by atoms with Gasteiger partial charge >= 0.3 is 0 Å². The first-order chi connectivity index (χ1) is 6.59. The minimum atomic E-state index is 0.0116. The van der Waals surface area contributed by atoms with E-state index in [0.29, 0.717) is 12.1 Å². The predicted octanol–water partition coefficient (Wildman–Crippen LogP) is 0.730. The van der Waals surface area contributed by atoms with Gasteiger partial charge in [0.2, 0.25) is 0 Å². The van der Waals surface area contributed by atoms with E-state index in [9.17, 15) is 0 Å². The molecule has 0 aliphatic carbocycles. The van der Waals surface area contributed by atoms with Gasteiger partial charge in [-0.15, -0.1) is 0 Å². The van der Waals surface area contributed by atoms with Crippen LogP contribution >= 0.6 is 0 Å². The second-order valence-corrected chi connectivity index (χ2v) is 3.92. The summed E-state index contributed by atoms with van der Waals surface area (Å²) in [5, 5.41) is 10.8. The molecule has 0 saturated heterocycles. The molecule has 80 valence electrons. The normalized spacial score (nSPS) is 11.9. The van der Waals surface area contributed by atoms with Crippen molar-refractivity contribution in [3.05, 3.63) is 12.7 Å². The molecule has 0 unspecified atom stereocenters. The summed E-state index contributed by atoms with van der Waals surface area (Å²) >= 11 is 0. The number of hydrogen-bond acceptors (Lipinski definition) is 4. The summed E-state index contributed by atoms with van der Waals surface area (Å²) in [6.07, 6.45) is 3.25. The van der Waals surface area contributed by atoms with E-state index in [1.54, 1.807) is 11.0 Å². The van der Waals surface area contributed by atoms with Gasteiger partial charge in [-0.3, -0.25) is 10.6 Å². The smallest absolute Gasteiger partial charge is 0.157 e. The average Bonchev–Trinajstić information content (AvgIpc) is 2.52. The Balaban J connectivity index is 2.62. The van der Waals surface area contributed by atoms with Gasteiger partial charge in [-0.2, -0.15) is 5.10 Å². The van der Waals surface area contributed by atoms with Gasteiger partial charge in [0.05, 0.1) is 0 Å². The molecule has 1 heterocycles. The van der Waals surface area contributed by atoms with Crippen LogP contribution in [0.3, 0.4) is 0 Å². The zero-order valence-corrected chi connectivity index (χ0v) is 9.23. The molecule has 1 aromatic rings. The molecule has 5 nitrogen and oxygen atoms in total. The molecular formula is C9H19N5. The zero-order chi connectivity index (χ0) is 10.6. The molecule has 5 heteroatoms. The van der Waals surface area contributed by atoms with E-state index in [4.69, 9.17) is 0 Å². The van der Waals surface area contributed by atoms with Crippen molar-refractivity contribution in [2.45, 2.75) is 46.1 Å². The van der Waals surface area contributed by atoms with Crippen LogP contribution < -0.4 is 10.6 Å². The summed E-state index contributed by atoms with van der Waals surface area (Å²) in [5.41, 5.74) is 0. The maximum Gasteiger partial charge on any atom is 0.157 e. The molecule has 0 atom stereocenters. The third-order valence-corrected chi connectivity index (χ3v) is 1.68. The molecule has 14 heavy (non-hydrogen) atoms. The highest BCUT2D eigenvalue weighted by Crippen LogP contribution is 1.98. The zero-order valence-electron chi connectivity index (χ0n) is 9.23. The molecule has 0 fully saturated rings. The fraction of sp³-hybridized carbons (Fsp3) is 0.778. The highest BCUT2D eigenvalue weighted by Gasteiger charge is 2.12. The van der Waals surface area contributed by atoms with Crippen molar-refractivity contribution < 1.29 is 0 Å². The van der Waals surface area contributed by atoms with Gasteiger partial charge in [0.25, 0.3) is 0 Å². The lowest BCUT2D eigenvalue weighted by Gasteiger charge is -2.24. The number of nitrogens with zero attached hydrogens (tertiary/aromatic N) is 3. The fourth-order valence-corrected chi connectivity index (χ4v) is 1.18. The van der Waals surface area contributed by atoms with Gasteiger partial charge in [0.1, 0.15) is 12.7 Å². The highest BCUT2D eigenvalue weighted by molar-refractivity contribution is 4.69. The summed E-state index contributed by atoms with van der Waals surface area (Å²) in [4.78, 5) is 3.93. The Labute approximate surface area is 84.9 Å². The number of rotatable bonds is 5. The molecule has 0 amide bonds. The summed E-state index contributed by atoms with van der Waals surface area (Å²) < 4.78 is 1.78. The molecule has 0 aliphatic heterocycles.